The SMILES string of the molecule is O=C(NCC1CCCCN1C(=O)c1ccccc1)c1ccc(-c2noc(C(F)(F)F)n2)cc1. The summed E-state index contributed by atoms with van der Waals surface area (Å²) >= 11 is 0. The van der Waals surface area contributed by atoms with Gasteiger partial charge in [-0.1, -0.05) is 35.5 Å². The van der Waals surface area contributed by atoms with E-state index in [1.54, 1.807) is 17.0 Å². The number of piperidine rings is 1. The van der Waals surface area contributed by atoms with Gasteiger partial charge in [-0.3, -0.25) is 9.59 Å². The van der Waals surface area contributed by atoms with Crippen LogP contribution in [-0.4, -0.2) is 46.0 Å². The van der Waals surface area contributed by atoms with E-state index in [4.69, 9.17) is 0 Å². The molecule has 2 amide bonds. The first-order valence-electron chi connectivity index (χ1n) is 10.5. The summed E-state index contributed by atoms with van der Waals surface area (Å²) in [6.45, 7) is 0.937. The number of likely N-dealkylation sites (tertiary alicyclic amines) is 1. The van der Waals surface area contributed by atoms with E-state index < -0.39 is 12.1 Å². The number of carbonyl (C=O) groups is 2. The molecule has 33 heavy (non-hydrogen) atoms. The van der Waals surface area contributed by atoms with Crippen LogP contribution >= 0.6 is 0 Å². The standard InChI is InChI=1S/C23H21F3N4O3/c24-23(25,26)22-28-19(29-33-22)15-9-11-16(12-10-15)20(31)27-14-18-8-4-5-13-30(18)21(32)17-6-2-1-3-7-17/h1-3,6-7,9-12,18H,4-5,8,13-14H2,(H,27,31). The normalized spacial score (nSPS) is 16.5. The predicted molar refractivity (Wildman–Crippen MR) is 112 cm³/mol. The van der Waals surface area contributed by atoms with Gasteiger partial charge in [-0.15, -0.1) is 0 Å². The number of alkyl halides is 3. The van der Waals surface area contributed by atoms with Crippen molar-refractivity contribution in [2.75, 3.05) is 13.1 Å². The minimum atomic E-state index is -4.72. The molecule has 3 aromatic rings. The zero-order chi connectivity index (χ0) is 23.4. The van der Waals surface area contributed by atoms with Crippen LogP contribution in [0.1, 0.15) is 45.9 Å². The Hall–Kier alpha value is -3.69. The van der Waals surface area contributed by atoms with Crippen LogP contribution in [0.15, 0.2) is 59.1 Å². The Morgan fingerprint density at radius 3 is 2.42 bits per heavy atom. The summed E-state index contributed by atoms with van der Waals surface area (Å²) in [5, 5.41) is 6.19. The first-order valence-corrected chi connectivity index (χ1v) is 10.5. The maximum absolute atomic E-state index is 12.9. The highest BCUT2D eigenvalue weighted by Crippen LogP contribution is 2.29. The average Bonchev–Trinajstić information content (AvgIpc) is 3.34. The lowest BCUT2D eigenvalue weighted by Gasteiger charge is -2.36. The van der Waals surface area contributed by atoms with Crippen molar-refractivity contribution in [1.29, 1.82) is 0 Å². The van der Waals surface area contributed by atoms with E-state index in [2.05, 4.69) is 20.0 Å². The zero-order valence-corrected chi connectivity index (χ0v) is 17.5. The van der Waals surface area contributed by atoms with Crippen molar-refractivity contribution >= 4 is 11.8 Å². The van der Waals surface area contributed by atoms with Crippen LogP contribution in [0.3, 0.4) is 0 Å². The Morgan fingerprint density at radius 2 is 1.76 bits per heavy atom. The third kappa shape index (κ3) is 5.21. The first-order chi connectivity index (χ1) is 15.8. The van der Waals surface area contributed by atoms with E-state index >= 15 is 0 Å². The van der Waals surface area contributed by atoms with Gasteiger partial charge < -0.3 is 14.7 Å². The molecule has 2 heterocycles. The lowest BCUT2D eigenvalue weighted by Crippen LogP contribution is -2.49. The number of halogens is 3. The van der Waals surface area contributed by atoms with Gasteiger partial charge in [0.25, 0.3) is 11.8 Å². The highest BCUT2D eigenvalue weighted by atomic mass is 19.4. The van der Waals surface area contributed by atoms with E-state index in [-0.39, 0.29) is 29.2 Å². The van der Waals surface area contributed by atoms with E-state index in [9.17, 15) is 22.8 Å². The van der Waals surface area contributed by atoms with Gasteiger partial charge in [-0.05, 0) is 43.5 Å². The average molecular weight is 458 g/mol. The number of hydrogen-bond donors (Lipinski definition) is 1. The lowest BCUT2D eigenvalue weighted by atomic mass is 10.0. The molecule has 0 spiro atoms. The second-order valence-electron chi connectivity index (χ2n) is 7.72. The fourth-order valence-electron chi connectivity index (χ4n) is 3.77. The third-order valence-corrected chi connectivity index (χ3v) is 5.48. The van der Waals surface area contributed by atoms with Crippen LogP contribution in [0, 0.1) is 0 Å². The van der Waals surface area contributed by atoms with Crippen molar-refractivity contribution in [3.8, 4) is 11.4 Å². The van der Waals surface area contributed by atoms with E-state index in [1.807, 2.05) is 18.2 Å². The number of nitrogens with zero attached hydrogens (tertiary/aromatic N) is 3. The smallest absolute Gasteiger partial charge is 0.350 e. The molecule has 0 saturated carbocycles. The van der Waals surface area contributed by atoms with Crippen LogP contribution in [0.2, 0.25) is 0 Å². The molecule has 1 N–H and O–H groups in total. The fraction of sp³-hybridized carbons (Fsp3) is 0.304. The van der Waals surface area contributed by atoms with E-state index in [1.165, 1.54) is 24.3 Å². The Bertz CT molecular complexity index is 1110. The number of nitrogens with one attached hydrogen (secondary N) is 1. The van der Waals surface area contributed by atoms with Crippen LogP contribution in [0.5, 0.6) is 0 Å². The van der Waals surface area contributed by atoms with Crippen molar-refractivity contribution in [2.24, 2.45) is 0 Å². The van der Waals surface area contributed by atoms with Crippen LogP contribution < -0.4 is 5.32 Å². The molecule has 1 aliphatic heterocycles. The van der Waals surface area contributed by atoms with Gasteiger partial charge in [0, 0.05) is 35.8 Å². The fourth-order valence-corrected chi connectivity index (χ4v) is 3.77. The monoisotopic (exact) mass is 458 g/mol. The minimum absolute atomic E-state index is 0.0581. The molecule has 2 aromatic carbocycles. The van der Waals surface area contributed by atoms with Crippen LogP contribution in [-0.2, 0) is 6.18 Å². The van der Waals surface area contributed by atoms with Crippen LogP contribution in [0.25, 0.3) is 11.4 Å². The summed E-state index contributed by atoms with van der Waals surface area (Å²) in [5.74, 6) is -2.05. The summed E-state index contributed by atoms with van der Waals surface area (Å²) < 4.78 is 42.1. The molecule has 1 aromatic heterocycles. The molecule has 1 saturated heterocycles. The number of benzene rings is 2. The largest absolute Gasteiger partial charge is 0.471 e. The van der Waals surface area contributed by atoms with E-state index in [0.717, 1.165) is 19.3 Å². The van der Waals surface area contributed by atoms with Crippen molar-refractivity contribution in [1.82, 2.24) is 20.4 Å². The van der Waals surface area contributed by atoms with Gasteiger partial charge in [-0.2, -0.15) is 18.2 Å². The Labute approximate surface area is 187 Å². The highest BCUT2D eigenvalue weighted by molar-refractivity contribution is 5.95. The number of carbonyl (C=O) groups excluding carboxylic acids is 2. The predicted octanol–water partition coefficient (Wildman–Crippen LogP) is 4.18. The van der Waals surface area contributed by atoms with Crippen molar-refractivity contribution < 1.29 is 27.3 Å². The number of rotatable bonds is 5. The van der Waals surface area contributed by atoms with Gasteiger partial charge in [0.1, 0.15) is 0 Å². The molecule has 10 heteroatoms. The third-order valence-electron chi connectivity index (χ3n) is 5.48. The zero-order valence-electron chi connectivity index (χ0n) is 17.5. The molecular weight excluding hydrogens is 437 g/mol. The van der Waals surface area contributed by atoms with Gasteiger partial charge in [0.15, 0.2) is 0 Å². The first kappa shape index (κ1) is 22.5. The number of hydrogen-bond acceptors (Lipinski definition) is 5. The molecule has 7 nitrogen and oxygen atoms in total. The molecule has 0 aliphatic carbocycles. The van der Waals surface area contributed by atoms with E-state index in [0.29, 0.717) is 24.2 Å². The molecule has 0 bridgehead atoms. The van der Waals surface area contributed by atoms with Gasteiger partial charge in [0.2, 0.25) is 5.82 Å². The second-order valence-corrected chi connectivity index (χ2v) is 7.72. The van der Waals surface area contributed by atoms with Gasteiger partial charge in [0.05, 0.1) is 0 Å². The highest BCUT2D eigenvalue weighted by Gasteiger charge is 2.38. The Morgan fingerprint density at radius 1 is 1.03 bits per heavy atom. The molecule has 172 valence electrons. The van der Waals surface area contributed by atoms with Crippen molar-refractivity contribution in [3.63, 3.8) is 0 Å². The molecule has 1 fully saturated rings. The summed E-state index contributed by atoms with van der Waals surface area (Å²) in [7, 11) is 0. The number of amides is 2. The van der Waals surface area contributed by atoms with Gasteiger partial charge >= 0.3 is 12.1 Å². The topological polar surface area (TPSA) is 88.3 Å². The molecule has 0 radical (unpaired) electrons. The molecule has 1 aliphatic rings. The Kier molecular flexibility index (Phi) is 6.43. The minimum Gasteiger partial charge on any atom is -0.350 e. The Balaban J connectivity index is 1.38. The molecular formula is C23H21F3N4O3. The lowest BCUT2D eigenvalue weighted by molar-refractivity contribution is -0.159. The quantitative estimate of drug-likeness (QED) is 0.620. The van der Waals surface area contributed by atoms with Gasteiger partial charge in [-0.25, -0.2) is 0 Å². The van der Waals surface area contributed by atoms with Crippen molar-refractivity contribution in [2.45, 2.75) is 31.5 Å². The van der Waals surface area contributed by atoms with Crippen LogP contribution in [0.4, 0.5) is 13.2 Å². The summed E-state index contributed by atoms with van der Waals surface area (Å²) in [4.78, 5) is 30.6. The molecule has 1 atom stereocenters. The maximum atomic E-state index is 12.9. The number of aromatic nitrogens is 2. The van der Waals surface area contributed by atoms with Crippen molar-refractivity contribution in [3.05, 3.63) is 71.6 Å². The molecule has 4 rings (SSSR count). The maximum Gasteiger partial charge on any atom is 0.471 e. The molecule has 1 unspecified atom stereocenters. The summed E-state index contributed by atoms with van der Waals surface area (Å²) in [5.41, 5.74) is 1.23. The second kappa shape index (κ2) is 9.43. The summed E-state index contributed by atoms with van der Waals surface area (Å²) in [6.07, 6.45) is -2.05. The summed E-state index contributed by atoms with van der Waals surface area (Å²) in [6, 6.07) is 14.8.